The third-order valence-electron chi connectivity index (χ3n) is 2.74. The number of halogens is 2. The van der Waals surface area contributed by atoms with Gasteiger partial charge in [0.25, 0.3) is 5.91 Å². The molecule has 1 fully saturated rings. The maximum Gasteiger partial charge on any atom is 0.331 e. The number of methoxy groups -OCH3 is 2. The van der Waals surface area contributed by atoms with Crippen LogP contribution in [0.2, 0.25) is 5.02 Å². The predicted octanol–water partition coefficient (Wildman–Crippen LogP) is 2.10. The van der Waals surface area contributed by atoms with Gasteiger partial charge < -0.3 is 9.47 Å². The number of thioether (sulfide) groups is 1. The van der Waals surface area contributed by atoms with E-state index in [1.54, 1.807) is 0 Å². The van der Waals surface area contributed by atoms with Gasteiger partial charge >= 0.3 is 5.97 Å². The summed E-state index contributed by atoms with van der Waals surface area (Å²) in [5.74, 6) is -1.84. The molecule has 24 heavy (non-hydrogen) atoms. The molecule has 1 aromatic rings. The maximum atomic E-state index is 13.8. The topological polar surface area (TPSA) is 89.3 Å². The number of rotatable bonds is 4. The van der Waals surface area contributed by atoms with Gasteiger partial charge in [0, 0.05) is 11.6 Å². The van der Waals surface area contributed by atoms with Crippen molar-refractivity contribution in [3.63, 3.8) is 0 Å². The van der Waals surface area contributed by atoms with E-state index in [0.717, 1.165) is 17.8 Å². The van der Waals surface area contributed by atoms with Gasteiger partial charge in [-0.25, -0.2) is 9.18 Å². The molecule has 126 valence electrons. The van der Waals surface area contributed by atoms with E-state index in [4.69, 9.17) is 16.3 Å². The summed E-state index contributed by atoms with van der Waals surface area (Å²) in [5, 5.41) is 9.94. The summed E-state index contributed by atoms with van der Waals surface area (Å²) in [6, 6.07) is 2.91. The van der Waals surface area contributed by atoms with Gasteiger partial charge in [-0.2, -0.15) is 5.10 Å². The maximum absolute atomic E-state index is 13.8. The Morgan fingerprint density at radius 2 is 2.17 bits per heavy atom. The van der Waals surface area contributed by atoms with Crippen LogP contribution in [-0.4, -0.2) is 37.5 Å². The van der Waals surface area contributed by atoms with Crippen LogP contribution in [0.25, 0.3) is 0 Å². The molecule has 1 aliphatic rings. The SMILES string of the molecule is COC(=O)/C=C1/S/C(=N\N=Cc2ccc(OC)c(F)c2Cl)NC1=O. The first-order valence-corrected chi connectivity index (χ1v) is 7.57. The molecule has 1 amide bonds. The van der Waals surface area contributed by atoms with Crippen LogP contribution in [0, 0.1) is 5.82 Å². The standard InChI is InChI=1S/C14H11ClFN3O4S/c1-22-8-4-3-7(11(15)12(8)16)6-17-19-14-18-13(21)9(24-14)5-10(20)23-2/h3-6H,1-2H3,(H,18,19,21)/b9-5+,17-6?. The van der Waals surface area contributed by atoms with Crippen molar-refractivity contribution in [2.24, 2.45) is 10.2 Å². The van der Waals surface area contributed by atoms with Crippen LogP contribution in [0.3, 0.4) is 0 Å². The highest BCUT2D eigenvalue weighted by Crippen LogP contribution is 2.27. The Hall–Kier alpha value is -2.39. The fourth-order valence-electron chi connectivity index (χ4n) is 1.59. The number of carbonyl (C=O) groups is 2. The van der Waals surface area contributed by atoms with Crippen molar-refractivity contribution in [1.82, 2.24) is 5.32 Å². The molecule has 0 radical (unpaired) electrons. The quantitative estimate of drug-likeness (QED) is 0.379. The molecule has 0 atom stereocenters. The summed E-state index contributed by atoms with van der Waals surface area (Å²) in [6.45, 7) is 0. The van der Waals surface area contributed by atoms with Crippen LogP contribution in [0.15, 0.2) is 33.3 Å². The van der Waals surface area contributed by atoms with E-state index in [1.807, 2.05) is 0 Å². The van der Waals surface area contributed by atoms with Crippen LogP contribution in [0.5, 0.6) is 5.75 Å². The van der Waals surface area contributed by atoms with Crippen molar-refractivity contribution < 1.29 is 23.5 Å². The summed E-state index contributed by atoms with van der Waals surface area (Å²) in [5.41, 5.74) is 0.291. The second-order valence-electron chi connectivity index (χ2n) is 4.22. The molecule has 7 nitrogen and oxygen atoms in total. The van der Waals surface area contributed by atoms with E-state index >= 15 is 0 Å². The molecular formula is C14H11ClFN3O4S. The highest BCUT2D eigenvalue weighted by Gasteiger charge is 2.25. The summed E-state index contributed by atoms with van der Waals surface area (Å²) < 4.78 is 23.0. The van der Waals surface area contributed by atoms with Crippen molar-refractivity contribution in [3.05, 3.63) is 39.5 Å². The Labute approximate surface area is 145 Å². The zero-order valence-corrected chi connectivity index (χ0v) is 14.1. The molecule has 1 N–H and O–H groups in total. The molecule has 0 unspecified atom stereocenters. The Balaban J connectivity index is 2.13. The molecule has 1 heterocycles. The van der Waals surface area contributed by atoms with E-state index in [2.05, 4.69) is 20.3 Å². The van der Waals surface area contributed by atoms with Gasteiger partial charge in [-0.3, -0.25) is 10.1 Å². The fraction of sp³-hybridized carbons (Fsp3) is 0.143. The lowest BCUT2D eigenvalue weighted by atomic mass is 10.2. The highest BCUT2D eigenvalue weighted by molar-refractivity contribution is 8.18. The fourth-order valence-corrected chi connectivity index (χ4v) is 2.53. The molecule has 0 aromatic heterocycles. The predicted molar refractivity (Wildman–Crippen MR) is 88.8 cm³/mol. The van der Waals surface area contributed by atoms with Gasteiger partial charge in [0.1, 0.15) is 0 Å². The first-order valence-electron chi connectivity index (χ1n) is 6.38. The lowest BCUT2D eigenvalue weighted by Crippen LogP contribution is -2.19. The van der Waals surface area contributed by atoms with Gasteiger partial charge in [0.05, 0.1) is 30.4 Å². The van der Waals surface area contributed by atoms with Gasteiger partial charge in [-0.15, -0.1) is 5.10 Å². The van der Waals surface area contributed by atoms with Gasteiger partial charge in [0.2, 0.25) is 0 Å². The first kappa shape index (κ1) is 18.0. The molecule has 0 saturated carbocycles. The Kier molecular flexibility index (Phi) is 5.93. The van der Waals surface area contributed by atoms with Crippen molar-refractivity contribution in [2.75, 3.05) is 14.2 Å². The van der Waals surface area contributed by atoms with Crippen molar-refractivity contribution in [1.29, 1.82) is 0 Å². The molecule has 1 aromatic carbocycles. The minimum absolute atomic E-state index is 0.0136. The summed E-state index contributed by atoms with van der Waals surface area (Å²) >= 11 is 6.78. The molecule has 10 heteroatoms. The van der Waals surface area contributed by atoms with Gasteiger partial charge in [-0.1, -0.05) is 11.6 Å². The zero-order valence-electron chi connectivity index (χ0n) is 12.5. The Morgan fingerprint density at radius 3 is 2.83 bits per heavy atom. The number of carbonyl (C=O) groups excluding carboxylic acids is 2. The van der Waals surface area contributed by atoms with Crippen LogP contribution in [0.4, 0.5) is 4.39 Å². The summed E-state index contributed by atoms with van der Waals surface area (Å²) in [6.07, 6.45) is 2.27. The zero-order chi connectivity index (χ0) is 17.7. The van der Waals surface area contributed by atoms with Gasteiger partial charge in [0.15, 0.2) is 16.7 Å². The number of ether oxygens (including phenoxy) is 2. The largest absolute Gasteiger partial charge is 0.494 e. The minimum atomic E-state index is -0.706. The number of benzene rings is 1. The third-order valence-corrected chi connectivity index (χ3v) is 4.03. The third kappa shape index (κ3) is 4.12. The molecule has 1 saturated heterocycles. The van der Waals surface area contributed by atoms with Crippen LogP contribution >= 0.6 is 23.4 Å². The number of nitrogens with zero attached hydrogens (tertiary/aromatic N) is 2. The van der Waals surface area contributed by atoms with Crippen molar-refractivity contribution in [3.8, 4) is 5.75 Å². The minimum Gasteiger partial charge on any atom is -0.494 e. The van der Waals surface area contributed by atoms with Crippen LogP contribution in [0.1, 0.15) is 5.56 Å². The number of esters is 1. The monoisotopic (exact) mass is 371 g/mol. The average molecular weight is 372 g/mol. The van der Waals surface area contributed by atoms with Gasteiger partial charge in [-0.05, 0) is 23.9 Å². The Bertz CT molecular complexity index is 780. The molecular weight excluding hydrogens is 361 g/mol. The molecule has 0 spiro atoms. The van der Waals surface area contributed by atoms with Crippen LogP contribution in [-0.2, 0) is 14.3 Å². The Morgan fingerprint density at radius 1 is 1.42 bits per heavy atom. The number of amides is 1. The van der Waals surface area contributed by atoms with E-state index in [-0.39, 0.29) is 20.8 Å². The molecule has 0 aliphatic carbocycles. The van der Waals surface area contributed by atoms with Crippen molar-refractivity contribution in [2.45, 2.75) is 0 Å². The molecule has 1 aliphatic heterocycles. The van der Waals surface area contributed by atoms with E-state index in [1.165, 1.54) is 32.6 Å². The number of hydrogen-bond acceptors (Lipinski definition) is 7. The normalized spacial score (nSPS) is 17.6. The number of hydrogen-bond donors (Lipinski definition) is 1. The van der Waals surface area contributed by atoms with E-state index in [0.29, 0.717) is 5.56 Å². The number of nitrogens with one attached hydrogen (secondary N) is 1. The summed E-state index contributed by atoms with van der Waals surface area (Å²) in [7, 11) is 2.53. The highest BCUT2D eigenvalue weighted by atomic mass is 35.5. The first-order chi connectivity index (χ1) is 11.5. The van der Waals surface area contributed by atoms with Crippen LogP contribution < -0.4 is 10.1 Å². The second kappa shape index (κ2) is 7.93. The molecule has 2 rings (SSSR count). The number of amidine groups is 1. The van der Waals surface area contributed by atoms with E-state index in [9.17, 15) is 14.0 Å². The molecule has 0 bridgehead atoms. The van der Waals surface area contributed by atoms with E-state index < -0.39 is 17.7 Å². The second-order valence-corrected chi connectivity index (χ2v) is 5.63. The average Bonchev–Trinajstić information content (AvgIpc) is 2.91. The lowest BCUT2D eigenvalue weighted by Gasteiger charge is -2.04. The van der Waals surface area contributed by atoms with Crippen molar-refractivity contribution >= 4 is 46.6 Å². The summed E-state index contributed by atoms with van der Waals surface area (Å²) in [4.78, 5) is 22.9. The smallest absolute Gasteiger partial charge is 0.331 e. The lowest BCUT2D eigenvalue weighted by molar-refractivity contribution is -0.135.